The summed E-state index contributed by atoms with van der Waals surface area (Å²) in [5, 5.41) is 12.7. The minimum atomic E-state index is -0.460. The van der Waals surface area contributed by atoms with Gasteiger partial charge in [0.1, 0.15) is 6.04 Å². The highest BCUT2D eigenvalue weighted by molar-refractivity contribution is 6.02. The Bertz CT molecular complexity index is 602. The number of carbonyl (C=O) groups excluding carboxylic acids is 2. The molecule has 1 aliphatic heterocycles. The van der Waals surface area contributed by atoms with Gasteiger partial charge >= 0.3 is 0 Å². The predicted molar refractivity (Wildman–Crippen MR) is 88.1 cm³/mol. The average Bonchev–Trinajstić information content (AvgIpc) is 2.92. The van der Waals surface area contributed by atoms with Crippen LogP contribution in [0.15, 0.2) is 24.3 Å². The maximum absolute atomic E-state index is 12.6. The summed E-state index contributed by atoms with van der Waals surface area (Å²) in [5.74, 6) is 0.122. The maximum Gasteiger partial charge on any atom is 0.243 e. The minimum Gasteiger partial charge on any atom is -0.393 e. The Kier molecular flexibility index (Phi) is 4.66. The van der Waals surface area contributed by atoms with Gasteiger partial charge in [-0.25, -0.2) is 0 Å². The maximum atomic E-state index is 12.6. The molecule has 1 saturated carbocycles. The first-order valence-corrected chi connectivity index (χ1v) is 8.39. The molecule has 5 nitrogen and oxygen atoms in total. The van der Waals surface area contributed by atoms with Crippen LogP contribution in [0.5, 0.6) is 0 Å². The fourth-order valence-corrected chi connectivity index (χ4v) is 3.80. The van der Waals surface area contributed by atoms with E-state index in [1.165, 1.54) is 6.92 Å². The number of para-hydroxylation sites is 1. The molecule has 1 heterocycles. The van der Waals surface area contributed by atoms with E-state index >= 15 is 0 Å². The number of amides is 2. The van der Waals surface area contributed by atoms with E-state index in [-0.39, 0.29) is 17.9 Å². The van der Waals surface area contributed by atoms with Crippen LogP contribution in [0.4, 0.5) is 5.69 Å². The molecule has 0 radical (unpaired) electrons. The molecule has 0 aromatic heterocycles. The monoisotopic (exact) mass is 316 g/mol. The van der Waals surface area contributed by atoms with E-state index in [4.69, 9.17) is 0 Å². The molecule has 23 heavy (non-hydrogen) atoms. The SMILES string of the molecule is CC(=O)N1c2ccccc2C[C@H]1C(=O)NCC1CCCC(O)C1. The Morgan fingerprint density at radius 1 is 1.30 bits per heavy atom. The number of nitrogens with zero attached hydrogens (tertiary/aromatic N) is 1. The predicted octanol–water partition coefficient (Wildman–Crippen LogP) is 1.63. The Hall–Kier alpha value is -1.88. The molecule has 2 unspecified atom stereocenters. The topological polar surface area (TPSA) is 69.6 Å². The smallest absolute Gasteiger partial charge is 0.243 e. The summed E-state index contributed by atoms with van der Waals surface area (Å²) >= 11 is 0. The first-order valence-electron chi connectivity index (χ1n) is 8.39. The summed E-state index contributed by atoms with van der Waals surface area (Å²) in [7, 11) is 0. The summed E-state index contributed by atoms with van der Waals surface area (Å²) in [5.41, 5.74) is 1.88. The lowest BCUT2D eigenvalue weighted by atomic mass is 9.87. The fraction of sp³-hybridized carbons (Fsp3) is 0.556. The van der Waals surface area contributed by atoms with Crippen LogP contribution in [0.2, 0.25) is 0 Å². The molecule has 0 spiro atoms. The first kappa shape index (κ1) is 16.0. The largest absolute Gasteiger partial charge is 0.393 e. The molecule has 1 aliphatic carbocycles. The van der Waals surface area contributed by atoms with E-state index in [1.54, 1.807) is 4.90 Å². The summed E-state index contributed by atoms with van der Waals surface area (Å²) in [6.45, 7) is 2.08. The van der Waals surface area contributed by atoms with Crippen molar-refractivity contribution >= 4 is 17.5 Å². The summed E-state index contributed by atoms with van der Waals surface area (Å²) in [6.07, 6.45) is 3.99. The van der Waals surface area contributed by atoms with Crippen LogP contribution < -0.4 is 10.2 Å². The zero-order chi connectivity index (χ0) is 16.4. The van der Waals surface area contributed by atoms with Crippen LogP contribution >= 0.6 is 0 Å². The molecule has 124 valence electrons. The van der Waals surface area contributed by atoms with E-state index < -0.39 is 6.04 Å². The van der Waals surface area contributed by atoms with E-state index in [9.17, 15) is 14.7 Å². The highest BCUT2D eigenvalue weighted by Crippen LogP contribution is 2.32. The number of carbonyl (C=O) groups is 2. The number of aliphatic hydroxyl groups excluding tert-OH is 1. The Morgan fingerprint density at radius 2 is 2.09 bits per heavy atom. The zero-order valence-corrected chi connectivity index (χ0v) is 13.5. The normalized spacial score (nSPS) is 26.7. The second kappa shape index (κ2) is 6.71. The summed E-state index contributed by atoms with van der Waals surface area (Å²) in [4.78, 5) is 26.2. The van der Waals surface area contributed by atoms with Gasteiger partial charge in [-0.2, -0.15) is 0 Å². The van der Waals surface area contributed by atoms with Gasteiger partial charge in [0.2, 0.25) is 11.8 Å². The molecule has 1 fully saturated rings. The number of nitrogens with one attached hydrogen (secondary N) is 1. The third-order valence-corrected chi connectivity index (χ3v) is 4.94. The van der Waals surface area contributed by atoms with Crippen LogP contribution in [-0.4, -0.2) is 35.6 Å². The van der Waals surface area contributed by atoms with Gasteiger partial charge < -0.3 is 10.4 Å². The van der Waals surface area contributed by atoms with E-state index in [0.717, 1.165) is 36.9 Å². The first-order chi connectivity index (χ1) is 11.1. The highest BCUT2D eigenvalue weighted by atomic mass is 16.3. The lowest BCUT2D eigenvalue weighted by molar-refractivity contribution is -0.125. The molecule has 5 heteroatoms. The Balaban J connectivity index is 1.64. The quantitative estimate of drug-likeness (QED) is 0.890. The number of aliphatic hydroxyl groups is 1. The highest BCUT2D eigenvalue weighted by Gasteiger charge is 2.36. The molecule has 0 saturated heterocycles. The number of rotatable bonds is 3. The van der Waals surface area contributed by atoms with Crippen molar-refractivity contribution in [1.29, 1.82) is 0 Å². The van der Waals surface area contributed by atoms with E-state index in [2.05, 4.69) is 5.32 Å². The summed E-state index contributed by atoms with van der Waals surface area (Å²) < 4.78 is 0. The van der Waals surface area contributed by atoms with Crippen molar-refractivity contribution < 1.29 is 14.7 Å². The molecule has 0 bridgehead atoms. The van der Waals surface area contributed by atoms with Gasteiger partial charge in [0.25, 0.3) is 0 Å². The molecule has 2 amide bonds. The Labute approximate surface area is 136 Å². The van der Waals surface area contributed by atoms with Crippen LogP contribution in [0.25, 0.3) is 0 Å². The fourth-order valence-electron chi connectivity index (χ4n) is 3.80. The second-order valence-electron chi connectivity index (χ2n) is 6.67. The molecule has 1 aromatic carbocycles. The standard InChI is InChI=1S/C18H24N2O3/c1-12(21)20-16-8-3-2-6-14(16)10-17(20)18(23)19-11-13-5-4-7-15(22)9-13/h2-3,6,8,13,15,17,22H,4-5,7,9-11H2,1H3,(H,19,23)/t13?,15?,17-/m0/s1. The lowest BCUT2D eigenvalue weighted by Crippen LogP contribution is -2.48. The number of benzene rings is 1. The number of fused-ring (bicyclic) bond motifs is 1. The van der Waals surface area contributed by atoms with Gasteiger partial charge in [0.15, 0.2) is 0 Å². The van der Waals surface area contributed by atoms with Crippen molar-refractivity contribution in [2.24, 2.45) is 5.92 Å². The van der Waals surface area contributed by atoms with Gasteiger partial charge in [0, 0.05) is 25.6 Å². The van der Waals surface area contributed by atoms with Crippen molar-refractivity contribution in [2.75, 3.05) is 11.4 Å². The molecule has 1 aromatic rings. The third-order valence-electron chi connectivity index (χ3n) is 4.94. The van der Waals surface area contributed by atoms with Crippen LogP contribution in [0.3, 0.4) is 0 Å². The van der Waals surface area contributed by atoms with Gasteiger partial charge in [-0.05, 0) is 36.8 Å². The van der Waals surface area contributed by atoms with Gasteiger partial charge in [-0.15, -0.1) is 0 Å². The van der Waals surface area contributed by atoms with Crippen molar-refractivity contribution in [3.05, 3.63) is 29.8 Å². The van der Waals surface area contributed by atoms with E-state index in [1.807, 2.05) is 24.3 Å². The van der Waals surface area contributed by atoms with Crippen molar-refractivity contribution in [3.63, 3.8) is 0 Å². The second-order valence-corrected chi connectivity index (χ2v) is 6.67. The Morgan fingerprint density at radius 3 is 2.83 bits per heavy atom. The van der Waals surface area contributed by atoms with Gasteiger partial charge in [0.05, 0.1) is 6.10 Å². The number of hydrogen-bond acceptors (Lipinski definition) is 3. The van der Waals surface area contributed by atoms with E-state index in [0.29, 0.717) is 18.9 Å². The minimum absolute atomic E-state index is 0.100. The van der Waals surface area contributed by atoms with Gasteiger partial charge in [-0.3, -0.25) is 14.5 Å². The number of anilines is 1. The average molecular weight is 316 g/mol. The van der Waals surface area contributed by atoms with Crippen molar-refractivity contribution in [3.8, 4) is 0 Å². The van der Waals surface area contributed by atoms with Crippen molar-refractivity contribution in [2.45, 2.75) is 51.2 Å². The lowest BCUT2D eigenvalue weighted by Gasteiger charge is -2.28. The molecule has 2 N–H and O–H groups in total. The molecule has 2 aliphatic rings. The van der Waals surface area contributed by atoms with Crippen LogP contribution in [-0.2, 0) is 16.0 Å². The van der Waals surface area contributed by atoms with Gasteiger partial charge in [-0.1, -0.05) is 24.6 Å². The molecular formula is C18H24N2O3. The molecular weight excluding hydrogens is 292 g/mol. The molecule has 3 rings (SSSR count). The zero-order valence-electron chi connectivity index (χ0n) is 13.5. The third kappa shape index (κ3) is 3.39. The van der Waals surface area contributed by atoms with Crippen molar-refractivity contribution in [1.82, 2.24) is 5.32 Å². The van der Waals surface area contributed by atoms with Crippen LogP contribution in [0.1, 0.15) is 38.2 Å². The van der Waals surface area contributed by atoms with Crippen LogP contribution in [0, 0.1) is 5.92 Å². The summed E-state index contributed by atoms with van der Waals surface area (Å²) in [6, 6.07) is 7.22. The molecule has 3 atom stereocenters. The number of hydrogen-bond donors (Lipinski definition) is 2.